The highest BCUT2D eigenvalue weighted by atomic mass is 19.4. The van der Waals surface area contributed by atoms with Gasteiger partial charge in [0.1, 0.15) is 0 Å². The fourth-order valence-corrected chi connectivity index (χ4v) is 2.89. The third-order valence-corrected chi connectivity index (χ3v) is 3.98. The van der Waals surface area contributed by atoms with Crippen molar-refractivity contribution < 1.29 is 18.0 Å². The number of ketones is 1. The molecule has 22 heavy (non-hydrogen) atoms. The number of fused-ring (bicyclic) bond motifs is 1. The van der Waals surface area contributed by atoms with E-state index in [4.69, 9.17) is 0 Å². The van der Waals surface area contributed by atoms with E-state index in [1.807, 2.05) is 6.07 Å². The number of hydrogen-bond acceptors (Lipinski definition) is 1. The molecule has 1 aliphatic rings. The third kappa shape index (κ3) is 2.54. The molecule has 1 radical (unpaired) electrons. The quantitative estimate of drug-likeness (QED) is 0.756. The average molecular weight is 303 g/mol. The molecule has 0 amide bonds. The number of rotatable bonds is 2. The molecule has 0 saturated carbocycles. The van der Waals surface area contributed by atoms with Crippen LogP contribution < -0.4 is 0 Å². The summed E-state index contributed by atoms with van der Waals surface area (Å²) in [5.41, 5.74) is 2.32. The maximum atomic E-state index is 13.1. The highest BCUT2D eigenvalue weighted by molar-refractivity contribution is 6.06. The molecule has 0 N–H and O–H groups in total. The van der Waals surface area contributed by atoms with Crippen LogP contribution in [0.1, 0.15) is 40.4 Å². The molecule has 113 valence electrons. The van der Waals surface area contributed by atoms with Gasteiger partial charge in [-0.1, -0.05) is 31.2 Å². The van der Waals surface area contributed by atoms with Crippen LogP contribution >= 0.6 is 0 Å². The molecule has 0 bridgehead atoms. The van der Waals surface area contributed by atoms with Crippen LogP contribution in [0.4, 0.5) is 13.2 Å². The summed E-state index contributed by atoms with van der Waals surface area (Å²) in [4.78, 5) is 12.1. The second kappa shape index (κ2) is 5.27. The molecule has 3 rings (SSSR count). The zero-order valence-corrected chi connectivity index (χ0v) is 12.0. The van der Waals surface area contributed by atoms with Crippen molar-refractivity contribution in [2.75, 3.05) is 0 Å². The molecule has 1 aliphatic carbocycles. The molecular formula is C18H14F3O. The van der Waals surface area contributed by atoms with Gasteiger partial charge in [-0.05, 0) is 47.2 Å². The van der Waals surface area contributed by atoms with Gasteiger partial charge in [0, 0.05) is 12.0 Å². The zero-order valence-electron chi connectivity index (χ0n) is 12.0. The summed E-state index contributed by atoms with van der Waals surface area (Å²) in [6.45, 7) is 1.69. The largest absolute Gasteiger partial charge is 0.416 e. The van der Waals surface area contributed by atoms with Gasteiger partial charge in [0.15, 0.2) is 5.78 Å². The Morgan fingerprint density at radius 3 is 2.55 bits per heavy atom. The lowest BCUT2D eigenvalue weighted by Gasteiger charge is -2.13. The fourth-order valence-electron chi connectivity index (χ4n) is 2.89. The van der Waals surface area contributed by atoms with E-state index in [1.54, 1.807) is 31.5 Å². The fraction of sp³-hybridized carbons (Fsp3) is 0.222. The van der Waals surface area contributed by atoms with Crippen molar-refractivity contribution in [1.29, 1.82) is 0 Å². The van der Waals surface area contributed by atoms with Gasteiger partial charge >= 0.3 is 6.18 Å². The Kier molecular flexibility index (Phi) is 3.55. The minimum atomic E-state index is -4.41. The number of aryl methyl sites for hydroxylation is 1. The number of Topliss-reactive ketones (excluding diaryl/α,β-unsaturated/α-hetero) is 1. The van der Waals surface area contributed by atoms with Gasteiger partial charge in [-0.15, -0.1) is 0 Å². The second-order valence-electron chi connectivity index (χ2n) is 5.39. The summed E-state index contributed by atoms with van der Waals surface area (Å²) in [6, 6.07) is 9.31. The molecule has 0 aromatic heterocycles. The Labute approximate surface area is 126 Å². The van der Waals surface area contributed by atoms with Crippen LogP contribution in [-0.2, 0) is 12.6 Å². The Morgan fingerprint density at radius 2 is 1.86 bits per heavy atom. The number of carbonyl (C=O) groups excluding carboxylic acids is 1. The van der Waals surface area contributed by atoms with Crippen molar-refractivity contribution in [3.63, 3.8) is 0 Å². The lowest BCUT2D eigenvalue weighted by atomic mass is 9.93. The van der Waals surface area contributed by atoms with Crippen molar-refractivity contribution in [3.8, 4) is 11.1 Å². The zero-order chi connectivity index (χ0) is 15.9. The Bertz CT molecular complexity index is 744. The van der Waals surface area contributed by atoms with E-state index in [1.165, 1.54) is 0 Å². The Balaban J connectivity index is 2.22. The minimum absolute atomic E-state index is 0.00467. The van der Waals surface area contributed by atoms with Gasteiger partial charge in [0.2, 0.25) is 0 Å². The number of hydrogen-bond donors (Lipinski definition) is 0. The molecular weight excluding hydrogens is 289 g/mol. The molecule has 0 heterocycles. The van der Waals surface area contributed by atoms with Crippen molar-refractivity contribution >= 4 is 5.78 Å². The summed E-state index contributed by atoms with van der Waals surface area (Å²) in [6.07, 6.45) is -1.69. The van der Waals surface area contributed by atoms with E-state index < -0.39 is 11.7 Å². The maximum absolute atomic E-state index is 13.1. The van der Waals surface area contributed by atoms with Gasteiger partial charge in [0.25, 0.3) is 0 Å². The number of alkyl halides is 3. The molecule has 2 aromatic rings. The molecule has 0 saturated heterocycles. The van der Waals surface area contributed by atoms with Crippen LogP contribution in [0.15, 0.2) is 36.4 Å². The average Bonchev–Trinajstić information content (AvgIpc) is 2.87. The first-order chi connectivity index (χ1) is 10.4. The standard InChI is InChI=1S/C18H14F3O/c1-2-11-8-13(10-14(9-11)18(19,20)21)15-5-3-4-12-6-7-16(22)17(12)15/h2-5,8-10H,6-7H2,1H3. The van der Waals surface area contributed by atoms with Gasteiger partial charge in [-0.2, -0.15) is 13.2 Å². The first-order valence-corrected chi connectivity index (χ1v) is 7.07. The summed E-state index contributed by atoms with van der Waals surface area (Å²) < 4.78 is 39.2. The van der Waals surface area contributed by atoms with Crippen LogP contribution in [0.5, 0.6) is 0 Å². The summed E-state index contributed by atoms with van der Waals surface area (Å²) in [7, 11) is 0. The normalized spacial score (nSPS) is 14.3. The predicted octanol–water partition coefficient (Wildman–Crippen LogP) is 5.07. The monoisotopic (exact) mass is 303 g/mol. The van der Waals surface area contributed by atoms with E-state index in [9.17, 15) is 18.0 Å². The summed E-state index contributed by atoms with van der Waals surface area (Å²) in [5, 5.41) is 0. The first kappa shape index (κ1) is 14.8. The molecule has 2 aromatic carbocycles. The SMILES string of the molecule is C[CH]c1cc(-c2cccc3c2C(=O)CC3)cc(C(F)(F)F)c1. The van der Waals surface area contributed by atoms with Gasteiger partial charge < -0.3 is 0 Å². The molecule has 1 nitrogen and oxygen atoms in total. The first-order valence-electron chi connectivity index (χ1n) is 7.07. The lowest BCUT2D eigenvalue weighted by molar-refractivity contribution is -0.137. The van der Waals surface area contributed by atoms with Crippen LogP contribution in [0.25, 0.3) is 11.1 Å². The lowest BCUT2D eigenvalue weighted by Crippen LogP contribution is -2.06. The molecule has 0 fully saturated rings. The molecule has 4 heteroatoms. The second-order valence-corrected chi connectivity index (χ2v) is 5.39. The van der Waals surface area contributed by atoms with Gasteiger partial charge in [-0.25, -0.2) is 0 Å². The number of halogens is 3. The van der Waals surface area contributed by atoms with Crippen LogP contribution in [0, 0.1) is 6.42 Å². The Morgan fingerprint density at radius 1 is 1.09 bits per heavy atom. The van der Waals surface area contributed by atoms with Crippen molar-refractivity contribution in [2.24, 2.45) is 0 Å². The minimum Gasteiger partial charge on any atom is -0.294 e. The maximum Gasteiger partial charge on any atom is 0.416 e. The van der Waals surface area contributed by atoms with Crippen molar-refractivity contribution in [1.82, 2.24) is 0 Å². The summed E-state index contributed by atoms with van der Waals surface area (Å²) in [5.74, 6) is 0.00467. The topological polar surface area (TPSA) is 17.1 Å². The van der Waals surface area contributed by atoms with Crippen molar-refractivity contribution in [3.05, 3.63) is 65.1 Å². The number of carbonyl (C=O) groups is 1. The summed E-state index contributed by atoms with van der Waals surface area (Å²) >= 11 is 0. The van der Waals surface area contributed by atoms with Crippen LogP contribution in [0.3, 0.4) is 0 Å². The van der Waals surface area contributed by atoms with E-state index in [2.05, 4.69) is 0 Å². The van der Waals surface area contributed by atoms with Crippen LogP contribution in [-0.4, -0.2) is 5.78 Å². The molecule has 0 aliphatic heterocycles. The van der Waals surface area contributed by atoms with E-state index >= 15 is 0 Å². The van der Waals surface area contributed by atoms with Gasteiger partial charge in [-0.3, -0.25) is 4.79 Å². The van der Waals surface area contributed by atoms with E-state index in [0.29, 0.717) is 35.1 Å². The highest BCUT2D eigenvalue weighted by Gasteiger charge is 2.32. The van der Waals surface area contributed by atoms with Crippen molar-refractivity contribution in [2.45, 2.75) is 25.9 Å². The number of benzene rings is 2. The molecule has 0 atom stereocenters. The smallest absolute Gasteiger partial charge is 0.294 e. The predicted molar refractivity (Wildman–Crippen MR) is 78.6 cm³/mol. The molecule has 0 unspecified atom stereocenters. The molecule has 0 spiro atoms. The third-order valence-electron chi connectivity index (χ3n) is 3.98. The van der Waals surface area contributed by atoms with Gasteiger partial charge in [0.05, 0.1) is 5.56 Å². The van der Waals surface area contributed by atoms with E-state index in [0.717, 1.165) is 17.7 Å². The van der Waals surface area contributed by atoms with Crippen LogP contribution in [0.2, 0.25) is 0 Å². The highest BCUT2D eigenvalue weighted by Crippen LogP contribution is 2.37. The Hall–Kier alpha value is -2.10. The van der Waals surface area contributed by atoms with E-state index in [-0.39, 0.29) is 5.78 Å².